The average molecular weight is 442 g/mol. The molecule has 2 N–H and O–H groups in total. The molecular weight excluding hydrogens is 410 g/mol. The quantitative estimate of drug-likeness (QED) is 0.442. The Morgan fingerprint density at radius 3 is 2.36 bits per heavy atom. The molecule has 0 spiro atoms. The zero-order valence-electron chi connectivity index (χ0n) is 19.3. The van der Waals surface area contributed by atoms with Gasteiger partial charge in [-0.25, -0.2) is 4.79 Å². The summed E-state index contributed by atoms with van der Waals surface area (Å²) in [5.41, 5.74) is 4.91. The summed E-state index contributed by atoms with van der Waals surface area (Å²) in [6, 6.07) is 25.3. The van der Waals surface area contributed by atoms with E-state index in [4.69, 9.17) is 0 Å². The molecule has 33 heavy (non-hydrogen) atoms. The Labute approximate surface area is 196 Å². The number of hydrogen-bond donors (Lipinski definition) is 2. The van der Waals surface area contributed by atoms with E-state index in [0.29, 0.717) is 13.1 Å². The van der Waals surface area contributed by atoms with Crippen molar-refractivity contribution in [2.75, 3.05) is 11.4 Å². The minimum atomic E-state index is -0.196. The molecule has 0 aliphatic heterocycles. The number of carbonyl (C=O) groups is 2. The molecule has 0 radical (unpaired) electrons. The van der Waals surface area contributed by atoms with Crippen LogP contribution in [0.2, 0.25) is 0 Å². The van der Waals surface area contributed by atoms with E-state index in [1.54, 1.807) is 11.0 Å². The van der Waals surface area contributed by atoms with Crippen LogP contribution in [-0.4, -0.2) is 18.5 Å². The van der Waals surface area contributed by atoms with Gasteiger partial charge >= 0.3 is 6.03 Å². The third-order valence-electron chi connectivity index (χ3n) is 5.36. The van der Waals surface area contributed by atoms with Gasteiger partial charge in [0.1, 0.15) is 0 Å². The summed E-state index contributed by atoms with van der Waals surface area (Å²) in [6.07, 6.45) is 1.93. The van der Waals surface area contributed by atoms with Gasteiger partial charge < -0.3 is 10.6 Å². The first-order valence-electron chi connectivity index (χ1n) is 11.1. The summed E-state index contributed by atoms with van der Waals surface area (Å²) in [6.45, 7) is 8.51. The smallest absolute Gasteiger partial charge is 0.322 e. The molecule has 3 amide bonds. The molecular formula is C28H31N3O2. The number of nitrogens with zero attached hydrogens (tertiary/aromatic N) is 1. The Morgan fingerprint density at radius 1 is 0.970 bits per heavy atom. The van der Waals surface area contributed by atoms with Gasteiger partial charge in [-0.05, 0) is 42.7 Å². The van der Waals surface area contributed by atoms with Crippen LogP contribution in [0, 0.1) is 6.92 Å². The van der Waals surface area contributed by atoms with Crippen LogP contribution in [0.5, 0.6) is 0 Å². The molecule has 0 aliphatic carbocycles. The summed E-state index contributed by atoms with van der Waals surface area (Å²) < 4.78 is 0. The molecule has 3 rings (SSSR count). The van der Waals surface area contributed by atoms with Crippen molar-refractivity contribution in [3.8, 4) is 0 Å². The maximum atomic E-state index is 12.8. The molecule has 0 heterocycles. The van der Waals surface area contributed by atoms with Crippen LogP contribution in [0.4, 0.5) is 10.5 Å². The van der Waals surface area contributed by atoms with Crippen molar-refractivity contribution < 1.29 is 9.59 Å². The highest BCUT2D eigenvalue weighted by Crippen LogP contribution is 2.20. The maximum Gasteiger partial charge on any atom is 0.322 e. The third kappa shape index (κ3) is 7.07. The van der Waals surface area contributed by atoms with E-state index in [0.717, 1.165) is 27.9 Å². The SMILES string of the molecule is C=CCNC(=O)N(Cc1cccc(C)c1)c1ccc(CC(=O)N[C@@H](C)c2ccccc2)cc1. The highest BCUT2D eigenvalue weighted by Gasteiger charge is 2.16. The van der Waals surface area contributed by atoms with Gasteiger partial charge in [0, 0.05) is 12.2 Å². The Bertz CT molecular complexity index is 1080. The van der Waals surface area contributed by atoms with E-state index >= 15 is 0 Å². The van der Waals surface area contributed by atoms with Gasteiger partial charge in [0.2, 0.25) is 5.91 Å². The van der Waals surface area contributed by atoms with Crippen molar-refractivity contribution in [1.29, 1.82) is 0 Å². The van der Waals surface area contributed by atoms with Crippen molar-refractivity contribution in [2.24, 2.45) is 0 Å². The fraction of sp³-hybridized carbons (Fsp3) is 0.214. The second-order valence-corrected chi connectivity index (χ2v) is 8.09. The molecule has 0 aliphatic rings. The Kier molecular flexibility index (Phi) is 8.42. The van der Waals surface area contributed by atoms with Gasteiger partial charge in [0.05, 0.1) is 19.0 Å². The monoisotopic (exact) mass is 441 g/mol. The molecule has 0 aromatic heterocycles. The van der Waals surface area contributed by atoms with Gasteiger partial charge in [-0.3, -0.25) is 9.69 Å². The Hall–Kier alpha value is -3.86. The zero-order chi connectivity index (χ0) is 23.6. The normalized spacial score (nSPS) is 11.3. The van der Waals surface area contributed by atoms with Gasteiger partial charge in [-0.1, -0.05) is 78.4 Å². The van der Waals surface area contributed by atoms with Crippen LogP contribution >= 0.6 is 0 Å². The van der Waals surface area contributed by atoms with Crippen LogP contribution in [-0.2, 0) is 17.8 Å². The zero-order valence-corrected chi connectivity index (χ0v) is 19.3. The Morgan fingerprint density at radius 2 is 1.70 bits per heavy atom. The molecule has 0 fully saturated rings. The number of benzene rings is 3. The first-order valence-corrected chi connectivity index (χ1v) is 11.1. The lowest BCUT2D eigenvalue weighted by atomic mass is 10.1. The van der Waals surface area contributed by atoms with Crippen molar-refractivity contribution in [1.82, 2.24) is 10.6 Å². The van der Waals surface area contributed by atoms with Crippen molar-refractivity contribution in [3.63, 3.8) is 0 Å². The van der Waals surface area contributed by atoms with E-state index in [2.05, 4.69) is 23.3 Å². The summed E-state index contributed by atoms with van der Waals surface area (Å²) in [5.74, 6) is -0.0422. The predicted molar refractivity (Wildman–Crippen MR) is 134 cm³/mol. The highest BCUT2D eigenvalue weighted by atomic mass is 16.2. The third-order valence-corrected chi connectivity index (χ3v) is 5.36. The lowest BCUT2D eigenvalue weighted by molar-refractivity contribution is -0.121. The molecule has 170 valence electrons. The molecule has 0 saturated carbocycles. The standard InChI is InChI=1S/C28H31N3O2/c1-4-17-29-28(33)31(20-24-10-8-9-21(2)18-24)26-15-13-23(14-16-26)19-27(32)30-22(3)25-11-6-5-7-12-25/h4-16,18,22H,1,17,19-20H2,2-3H3,(H,29,33)(H,30,32)/t22-/m0/s1. The molecule has 3 aromatic rings. The van der Waals surface area contributed by atoms with E-state index in [1.807, 2.05) is 86.6 Å². The molecule has 5 nitrogen and oxygen atoms in total. The largest absolute Gasteiger partial charge is 0.349 e. The first kappa shape index (κ1) is 23.8. The lowest BCUT2D eigenvalue weighted by Gasteiger charge is -2.23. The van der Waals surface area contributed by atoms with Gasteiger partial charge in [-0.15, -0.1) is 6.58 Å². The molecule has 0 bridgehead atoms. The molecule has 1 atom stereocenters. The molecule has 0 saturated heterocycles. The van der Waals surface area contributed by atoms with Gasteiger partial charge in [0.15, 0.2) is 0 Å². The minimum absolute atomic E-state index is 0.0422. The summed E-state index contributed by atoms with van der Waals surface area (Å²) >= 11 is 0. The first-order chi connectivity index (χ1) is 16.0. The van der Waals surface area contributed by atoms with E-state index < -0.39 is 0 Å². The molecule has 0 unspecified atom stereocenters. The topological polar surface area (TPSA) is 61.4 Å². The van der Waals surface area contributed by atoms with Crippen molar-refractivity contribution in [2.45, 2.75) is 32.9 Å². The second-order valence-electron chi connectivity index (χ2n) is 8.09. The van der Waals surface area contributed by atoms with Crippen LogP contribution in [0.1, 0.15) is 35.2 Å². The van der Waals surface area contributed by atoms with E-state index in [9.17, 15) is 9.59 Å². The predicted octanol–water partition coefficient (Wildman–Crippen LogP) is 5.32. The number of carbonyl (C=O) groups excluding carboxylic acids is 2. The molecule has 5 heteroatoms. The highest BCUT2D eigenvalue weighted by molar-refractivity contribution is 5.92. The van der Waals surface area contributed by atoms with Crippen LogP contribution in [0.25, 0.3) is 0 Å². The number of anilines is 1. The maximum absolute atomic E-state index is 12.8. The van der Waals surface area contributed by atoms with E-state index in [1.165, 1.54) is 0 Å². The number of rotatable bonds is 9. The fourth-order valence-electron chi connectivity index (χ4n) is 3.63. The lowest BCUT2D eigenvalue weighted by Crippen LogP contribution is -2.39. The number of nitrogens with one attached hydrogen (secondary N) is 2. The number of hydrogen-bond acceptors (Lipinski definition) is 2. The minimum Gasteiger partial charge on any atom is -0.349 e. The van der Waals surface area contributed by atoms with Gasteiger partial charge in [0.25, 0.3) is 0 Å². The van der Waals surface area contributed by atoms with Crippen molar-refractivity contribution >= 4 is 17.6 Å². The molecule has 3 aromatic carbocycles. The van der Waals surface area contributed by atoms with Crippen LogP contribution < -0.4 is 15.5 Å². The summed E-state index contributed by atoms with van der Waals surface area (Å²) in [7, 11) is 0. The van der Waals surface area contributed by atoms with Gasteiger partial charge in [-0.2, -0.15) is 0 Å². The fourth-order valence-corrected chi connectivity index (χ4v) is 3.63. The van der Waals surface area contributed by atoms with Crippen LogP contribution in [0.15, 0.2) is 91.5 Å². The summed E-state index contributed by atoms with van der Waals surface area (Å²) in [5, 5.41) is 5.89. The summed E-state index contributed by atoms with van der Waals surface area (Å²) in [4.78, 5) is 27.0. The number of urea groups is 1. The number of aryl methyl sites for hydroxylation is 1. The van der Waals surface area contributed by atoms with Crippen LogP contribution in [0.3, 0.4) is 0 Å². The van der Waals surface area contributed by atoms with Crippen molar-refractivity contribution in [3.05, 3.63) is 114 Å². The average Bonchev–Trinajstić information content (AvgIpc) is 2.82. The Balaban J connectivity index is 1.69. The number of amides is 3. The van der Waals surface area contributed by atoms with E-state index in [-0.39, 0.29) is 24.4 Å². The second kappa shape index (κ2) is 11.7.